The molecule has 0 amide bonds. The number of nitrogens with zero attached hydrogens (tertiary/aromatic N) is 1. The highest BCUT2D eigenvalue weighted by Crippen LogP contribution is 2.18. The summed E-state index contributed by atoms with van der Waals surface area (Å²) in [4.78, 5) is 4.21. The van der Waals surface area contributed by atoms with Crippen molar-refractivity contribution in [2.45, 2.75) is 33.4 Å². The van der Waals surface area contributed by atoms with E-state index < -0.39 is 0 Å². The van der Waals surface area contributed by atoms with Crippen LogP contribution < -0.4 is 15.4 Å². The van der Waals surface area contributed by atoms with E-state index in [1.54, 1.807) is 14.2 Å². The maximum absolute atomic E-state index is 5.55. The molecule has 0 radical (unpaired) electrons. The average molecular weight is 421 g/mol. The van der Waals surface area contributed by atoms with E-state index in [0.29, 0.717) is 19.8 Å². The number of guanidine groups is 1. The van der Waals surface area contributed by atoms with Gasteiger partial charge in [-0.2, -0.15) is 0 Å². The Morgan fingerprint density at radius 2 is 2.09 bits per heavy atom. The van der Waals surface area contributed by atoms with E-state index >= 15 is 0 Å². The number of aryl methyl sites for hydroxylation is 1. The predicted molar refractivity (Wildman–Crippen MR) is 102 cm³/mol. The standard InChI is InChI=1S/C16H27N3O2.HI/c1-6-21-15-8-7-14(9-12(15)2)10-18-16(17-4)19-13(3)11-20-5;/h7-9,13H,6,10-11H2,1-5H3,(H2,17,18,19);1H. The largest absolute Gasteiger partial charge is 0.494 e. The maximum Gasteiger partial charge on any atom is 0.191 e. The lowest BCUT2D eigenvalue weighted by Gasteiger charge is -2.17. The van der Waals surface area contributed by atoms with Gasteiger partial charge in [0.25, 0.3) is 0 Å². The Morgan fingerprint density at radius 1 is 1.36 bits per heavy atom. The molecule has 0 spiro atoms. The Kier molecular flexibility index (Phi) is 11.0. The van der Waals surface area contributed by atoms with Crippen LogP contribution in [0.1, 0.15) is 25.0 Å². The van der Waals surface area contributed by atoms with E-state index in [2.05, 4.69) is 41.6 Å². The van der Waals surface area contributed by atoms with Gasteiger partial charge in [-0.3, -0.25) is 4.99 Å². The lowest BCUT2D eigenvalue weighted by molar-refractivity contribution is 0.179. The third-order valence-electron chi connectivity index (χ3n) is 3.02. The van der Waals surface area contributed by atoms with E-state index in [1.807, 2.05) is 13.0 Å². The molecule has 1 aromatic rings. The first kappa shape index (κ1) is 21.0. The van der Waals surface area contributed by atoms with Crippen LogP contribution >= 0.6 is 24.0 Å². The zero-order valence-electron chi connectivity index (χ0n) is 14.1. The molecule has 0 heterocycles. The van der Waals surface area contributed by atoms with Gasteiger partial charge in [-0.05, 0) is 38.0 Å². The van der Waals surface area contributed by atoms with Gasteiger partial charge in [0.2, 0.25) is 0 Å². The predicted octanol–water partition coefficient (Wildman–Crippen LogP) is 2.71. The Hall–Kier alpha value is -1.02. The molecule has 1 unspecified atom stereocenters. The van der Waals surface area contributed by atoms with Crippen LogP contribution in [0.25, 0.3) is 0 Å². The van der Waals surface area contributed by atoms with Gasteiger partial charge in [-0.25, -0.2) is 0 Å². The first-order chi connectivity index (χ1) is 10.1. The number of ether oxygens (including phenoxy) is 2. The second kappa shape index (κ2) is 11.5. The Balaban J connectivity index is 0.00000441. The summed E-state index contributed by atoms with van der Waals surface area (Å²) in [5.74, 6) is 1.71. The number of nitrogens with one attached hydrogen (secondary N) is 2. The van der Waals surface area contributed by atoms with E-state index in [-0.39, 0.29) is 30.0 Å². The number of hydrogen-bond donors (Lipinski definition) is 2. The van der Waals surface area contributed by atoms with E-state index in [0.717, 1.165) is 17.3 Å². The topological polar surface area (TPSA) is 54.9 Å². The minimum Gasteiger partial charge on any atom is -0.494 e. The van der Waals surface area contributed by atoms with Gasteiger partial charge in [0.1, 0.15) is 5.75 Å². The molecule has 1 rings (SSSR count). The van der Waals surface area contributed by atoms with Crippen LogP contribution in [-0.2, 0) is 11.3 Å². The third-order valence-corrected chi connectivity index (χ3v) is 3.02. The molecule has 22 heavy (non-hydrogen) atoms. The SMILES string of the molecule is CCOc1ccc(CNC(=NC)NC(C)COC)cc1C.I. The van der Waals surface area contributed by atoms with Crippen molar-refractivity contribution in [2.24, 2.45) is 4.99 Å². The monoisotopic (exact) mass is 421 g/mol. The van der Waals surface area contributed by atoms with Crippen LogP contribution in [0.3, 0.4) is 0 Å². The molecule has 0 saturated carbocycles. The Morgan fingerprint density at radius 3 is 2.64 bits per heavy atom. The van der Waals surface area contributed by atoms with Crippen molar-refractivity contribution in [3.05, 3.63) is 29.3 Å². The Bertz CT molecular complexity index is 467. The second-order valence-corrected chi connectivity index (χ2v) is 4.96. The summed E-state index contributed by atoms with van der Waals surface area (Å²) in [5, 5.41) is 6.57. The molecule has 126 valence electrons. The highest BCUT2D eigenvalue weighted by atomic mass is 127. The zero-order valence-corrected chi connectivity index (χ0v) is 16.4. The average Bonchev–Trinajstić information content (AvgIpc) is 2.46. The van der Waals surface area contributed by atoms with Gasteiger partial charge < -0.3 is 20.1 Å². The van der Waals surface area contributed by atoms with Crippen molar-refractivity contribution >= 4 is 29.9 Å². The van der Waals surface area contributed by atoms with Gasteiger partial charge in [0, 0.05) is 26.7 Å². The van der Waals surface area contributed by atoms with E-state index in [9.17, 15) is 0 Å². The highest BCUT2D eigenvalue weighted by molar-refractivity contribution is 14.0. The lowest BCUT2D eigenvalue weighted by Crippen LogP contribution is -2.43. The fourth-order valence-corrected chi connectivity index (χ4v) is 2.04. The maximum atomic E-state index is 5.55. The van der Waals surface area contributed by atoms with Gasteiger partial charge in [-0.15, -0.1) is 24.0 Å². The zero-order chi connectivity index (χ0) is 15.7. The molecule has 0 aliphatic rings. The lowest BCUT2D eigenvalue weighted by atomic mass is 10.1. The number of hydrogen-bond acceptors (Lipinski definition) is 3. The number of benzene rings is 1. The Labute approximate surface area is 150 Å². The second-order valence-electron chi connectivity index (χ2n) is 4.96. The van der Waals surface area contributed by atoms with Gasteiger partial charge in [0.05, 0.1) is 13.2 Å². The van der Waals surface area contributed by atoms with Crippen LogP contribution in [0.2, 0.25) is 0 Å². The quantitative estimate of drug-likeness (QED) is 0.404. The smallest absolute Gasteiger partial charge is 0.191 e. The van der Waals surface area contributed by atoms with Crippen LogP contribution in [-0.4, -0.2) is 39.4 Å². The van der Waals surface area contributed by atoms with Crippen molar-refractivity contribution in [3.63, 3.8) is 0 Å². The number of rotatable bonds is 7. The van der Waals surface area contributed by atoms with Crippen molar-refractivity contribution in [1.29, 1.82) is 0 Å². The first-order valence-electron chi connectivity index (χ1n) is 7.29. The summed E-state index contributed by atoms with van der Waals surface area (Å²) in [6, 6.07) is 6.42. The fourth-order valence-electron chi connectivity index (χ4n) is 2.04. The molecule has 1 aromatic carbocycles. The number of halogens is 1. The molecule has 6 heteroatoms. The van der Waals surface area contributed by atoms with Crippen LogP contribution in [0.4, 0.5) is 0 Å². The summed E-state index contributed by atoms with van der Waals surface area (Å²) < 4.78 is 10.7. The van der Waals surface area contributed by atoms with Crippen molar-refractivity contribution in [1.82, 2.24) is 10.6 Å². The molecule has 5 nitrogen and oxygen atoms in total. The van der Waals surface area contributed by atoms with Crippen molar-refractivity contribution in [3.8, 4) is 5.75 Å². The van der Waals surface area contributed by atoms with E-state index in [1.165, 1.54) is 5.56 Å². The van der Waals surface area contributed by atoms with E-state index in [4.69, 9.17) is 9.47 Å². The summed E-state index contributed by atoms with van der Waals surface area (Å²) in [6.45, 7) is 8.15. The number of aliphatic imine (C=N–C) groups is 1. The van der Waals surface area contributed by atoms with Crippen molar-refractivity contribution < 1.29 is 9.47 Å². The first-order valence-corrected chi connectivity index (χ1v) is 7.29. The van der Waals surface area contributed by atoms with Gasteiger partial charge in [0.15, 0.2) is 5.96 Å². The van der Waals surface area contributed by atoms with Crippen LogP contribution in [0, 0.1) is 6.92 Å². The molecule has 0 aliphatic heterocycles. The minimum absolute atomic E-state index is 0. The molecule has 1 atom stereocenters. The molecule has 0 bridgehead atoms. The highest BCUT2D eigenvalue weighted by Gasteiger charge is 2.05. The molecule has 0 aliphatic carbocycles. The van der Waals surface area contributed by atoms with Crippen molar-refractivity contribution in [2.75, 3.05) is 27.4 Å². The van der Waals surface area contributed by atoms with Crippen LogP contribution in [0.15, 0.2) is 23.2 Å². The number of methoxy groups -OCH3 is 1. The summed E-state index contributed by atoms with van der Waals surface area (Å²) in [6.07, 6.45) is 0. The third kappa shape index (κ3) is 7.31. The molecule has 0 saturated heterocycles. The normalized spacial score (nSPS) is 12.3. The molecule has 2 N–H and O–H groups in total. The molecule has 0 aromatic heterocycles. The summed E-state index contributed by atoms with van der Waals surface area (Å²) in [7, 11) is 3.45. The minimum atomic E-state index is 0. The van der Waals surface area contributed by atoms with Gasteiger partial charge >= 0.3 is 0 Å². The van der Waals surface area contributed by atoms with Gasteiger partial charge in [-0.1, -0.05) is 12.1 Å². The molecular weight excluding hydrogens is 393 g/mol. The molecular formula is C16H28IN3O2. The fraction of sp³-hybridized carbons (Fsp3) is 0.562. The summed E-state index contributed by atoms with van der Waals surface area (Å²) >= 11 is 0. The summed E-state index contributed by atoms with van der Waals surface area (Å²) in [5.41, 5.74) is 2.34. The molecule has 0 fully saturated rings. The van der Waals surface area contributed by atoms with Crippen LogP contribution in [0.5, 0.6) is 5.75 Å².